The van der Waals surface area contributed by atoms with Crippen molar-refractivity contribution in [1.82, 2.24) is 0 Å². The maximum atomic E-state index is 6.30. The fourth-order valence-electron chi connectivity index (χ4n) is 2.23. The number of hydrogen-bond donors (Lipinski definition) is 1. The molecule has 0 amide bonds. The monoisotopic (exact) mass is 291 g/mol. The van der Waals surface area contributed by atoms with Gasteiger partial charge in [-0.05, 0) is 59.2 Å². The van der Waals surface area contributed by atoms with Gasteiger partial charge in [0.25, 0.3) is 0 Å². The van der Waals surface area contributed by atoms with Gasteiger partial charge in [0.1, 0.15) is 5.75 Å². The Morgan fingerprint density at radius 3 is 1.90 bits per heavy atom. The van der Waals surface area contributed by atoms with Crippen LogP contribution in [0.25, 0.3) is 0 Å². The van der Waals surface area contributed by atoms with E-state index in [2.05, 4.69) is 0 Å². The molecule has 0 aromatic heterocycles. The van der Waals surface area contributed by atoms with E-state index >= 15 is 0 Å². The second-order valence-corrected chi connectivity index (χ2v) is 6.89. The van der Waals surface area contributed by atoms with Crippen molar-refractivity contribution in [3.05, 3.63) is 29.8 Å². The molecule has 0 spiro atoms. The molecule has 1 heterocycles. The van der Waals surface area contributed by atoms with Crippen molar-refractivity contribution in [2.75, 3.05) is 0 Å². The molecule has 0 radical (unpaired) electrons. The minimum absolute atomic E-state index is 0.160. The summed E-state index contributed by atoms with van der Waals surface area (Å²) in [6, 6.07) is 7.79. The molecule has 2 rings (SSSR count). The summed E-state index contributed by atoms with van der Waals surface area (Å²) in [5.41, 5.74) is 6.55. The average Bonchev–Trinajstić information content (AvgIpc) is 2.58. The Hall–Kier alpha value is -1.04. The maximum Gasteiger partial charge on any atom is 0.480 e. The summed E-state index contributed by atoms with van der Waals surface area (Å²) in [6.45, 7) is 12.1. The van der Waals surface area contributed by atoms with Crippen LogP contribution in [-0.2, 0) is 9.31 Å². The van der Waals surface area contributed by atoms with Gasteiger partial charge in [-0.2, -0.15) is 0 Å². The largest absolute Gasteiger partial charge is 0.491 e. The van der Waals surface area contributed by atoms with Gasteiger partial charge in [0.2, 0.25) is 0 Å². The third-order valence-electron chi connectivity index (χ3n) is 4.20. The van der Waals surface area contributed by atoms with Crippen LogP contribution in [0.1, 0.15) is 53.0 Å². The van der Waals surface area contributed by atoms with E-state index in [1.54, 1.807) is 0 Å². The lowest BCUT2D eigenvalue weighted by Crippen LogP contribution is -2.41. The molecule has 4 nitrogen and oxygen atoms in total. The van der Waals surface area contributed by atoms with Gasteiger partial charge in [-0.3, -0.25) is 0 Å². The number of hydrogen-bond acceptors (Lipinski definition) is 4. The molecule has 1 saturated heterocycles. The molecule has 1 aromatic carbocycles. The van der Waals surface area contributed by atoms with E-state index in [4.69, 9.17) is 19.8 Å². The molecule has 0 aliphatic carbocycles. The molecule has 1 fully saturated rings. The molecule has 1 atom stereocenters. The molecule has 1 aliphatic rings. The van der Waals surface area contributed by atoms with Crippen molar-refractivity contribution in [2.24, 2.45) is 5.73 Å². The third-order valence-corrected chi connectivity index (χ3v) is 4.20. The zero-order valence-electron chi connectivity index (χ0n) is 13.8. The Bertz CT molecular complexity index is 469. The molecule has 0 saturated carbocycles. The van der Waals surface area contributed by atoms with Crippen molar-refractivity contribution in [2.45, 2.75) is 64.8 Å². The Morgan fingerprint density at radius 1 is 1.00 bits per heavy atom. The number of nitrogens with two attached hydrogens (primary N) is 1. The van der Waals surface area contributed by atoms with E-state index in [-0.39, 0.29) is 23.2 Å². The highest BCUT2D eigenvalue weighted by Gasteiger charge is 2.53. The van der Waals surface area contributed by atoms with E-state index in [1.165, 1.54) is 0 Å². The molecule has 21 heavy (non-hydrogen) atoms. The van der Waals surface area contributed by atoms with Gasteiger partial charge in [-0.25, -0.2) is 0 Å². The number of ether oxygens (including phenoxy) is 1. The fourth-order valence-corrected chi connectivity index (χ4v) is 2.23. The predicted molar refractivity (Wildman–Crippen MR) is 85.2 cm³/mol. The van der Waals surface area contributed by atoms with Crippen LogP contribution in [0, 0.1) is 0 Å². The second-order valence-electron chi connectivity index (χ2n) is 6.89. The van der Waals surface area contributed by atoms with Gasteiger partial charge >= 0.3 is 7.12 Å². The second kappa shape index (κ2) is 5.63. The molecular formula is C16H26BNO3. The van der Waals surface area contributed by atoms with Gasteiger partial charge in [0.05, 0.1) is 23.2 Å². The van der Waals surface area contributed by atoms with Gasteiger partial charge in [0, 0.05) is 0 Å². The van der Waals surface area contributed by atoms with Crippen LogP contribution in [0.2, 0.25) is 0 Å². The van der Waals surface area contributed by atoms with Crippen molar-refractivity contribution in [3.8, 4) is 5.75 Å². The Morgan fingerprint density at radius 2 is 1.48 bits per heavy atom. The molecular weight excluding hydrogens is 265 g/mol. The van der Waals surface area contributed by atoms with Gasteiger partial charge in [-0.15, -0.1) is 0 Å². The summed E-state index contributed by atoms with van der Waals surface area (Å²) in [6.07, 6.45) is 0.160. The minimum Gasteiger partial charge on any atom is -0.491 e. The summed E-state index contributed by atoms with van der Waals surface area (Å²) in [7, 11) is -0.438. The lowest BCUT2D eigenvalue weighted by molar-refractivity contribution is 0.00578. The Labute approximate surface area is 128 Å². The predicted octanol–water partition coefficient (Wildman–Crippen LogP) is 3.11. The van der Waals surface area contributed by atoms with Crippen molar-refractivity contribution < 1.29 is 14.0 Å². The van der Waals surface area contributed by atoms with Crippen LogP contribution in [-0.4, -0.2) is 24.4 Å². The zero-order chi connectivity index (χ0) is 15.8. The molecule has 2 N–H and O–H groups in total. The molecule has 0 bridgehead atoms. The summed E-state index contributed by atoms with van der Waals surface area (Å²) in [5.74, 6) is 0.522. The van der Waals surface area contributed by atoms with Crippen molar-refractivity contribution in [3.63, 3.8) is 0 Å². The third kappa shape index (κ3) is 3.42. The molecule has 116 valence electrons. The average molecular weight is 291 g/mol. The summed E-state index contributed by atoms with van der Waals surface area (Å²) in [5, 5.41) is 0. The smallest absolute Gasteiger partial charge is 0.480 e. The standard InChI is InChI=1S/C16H26BNO3/c1-11(2)19-13-9-7-12(8-10-13)14(18)17-20-15(3,4)16(5,6)21-17/h7-11,14H,18H2,1-6H3/t14-/m0/s1. The zero-order valence-corrected chi connectivity index (χ0v) is 13.8. The highest BCUT2D eigenvalue weighted by atomic mass is 16.7. The summed E-state index contributed by atoms with van der Waals surface area (Å²) < 4.78 is 17.6. The Balaban J connectivity index is 2.09. The number of rotatable bonds is 4. The Kier molecular flexibility index (Phi) is 4.38. The molecule has 0 unspecified atom stereocenters. The quantitative estimate of drug-likeness (QED) is 0.866. The van der Waals surface area contributed by atoms with E-state index < -0.39 is 7.12 Å². The summed E-state index contributed by atoms with van der Waals surface area (Å²) in [4.78, 5) is 0. The van der Waals surface area contributed by atoms with Gasteiger partial charge < -0.3 is 19.8 Å². The van der Waals surface area contributed by atoms with Gasteiger partial charge in [-0.1, -0.05) is 12.1 Å². The van der Waals surface area contributed by atoms with Crippen LogP contribution in [0.4, 0.5) is 0 Å². The van der Waals surface area contributed by atoms with Crippen molar-refractivity contribution >= 4 is 7.12 Å². The lowest BCUT2D eigenvalue weighted by atomic mass is 9.75. The van der Waals surface area contributed by atoms with Crippen molar-refractivity contribution in [1.29, 1.82) is 0 Å². The van der Waals surface area contributed by atoms with E-state index in [1.807, 2.05) is 65.8 Å². The van der Waals surface area contributed by atoms with Crippen LogP contribution >= 0.6 is 0 Å². The van der Waals surface area contributed by atoms with Crippen LogP contribution < -0.4 is 10.5 Å². The topological polar surface area (TPSA) is 53.7 Å². The first-order chi connectivity index (χ1) is 9.62. The van der Waals surface area contributed by atoms with E-state index in [0.29, 0.717) is 0 Å². The highest BCUT2D eigenvalue weighted by Crippen LogP contribution is 2.39. The SMILES string of the molecule is CC(C)Oc1ccc([C@H](N)B2OC(C)(C)C(C)(C)O2)cc1. The molecule has 1 aliphatic heterocycles. The van der Waals surface area contributed by atoms with Crippen LogP contribution in [0.15, 0.2) is 24.3 Å². The summed E-state index contributed by atoms with van der Waals surface area (Å²) >= 11 is 0. The maximum absolute atomic E-state index is 6.30. The number of benzene rings is 1. The lowest BCUT2D eigenvalue weighted by Gasteiger charge is -2.32. The first-order valence-corrected chi connectivity index (χ1v) is 7.50. The van der Waals surface area contributed by atoms with E-state index in [9.17, 15) is 0 Å². The van der Waals surface area contributed by atoms with Crippen LogP contribution in [0.5, 0.6) is 5.75 Å². The van der Waals surface area contributed by atoms with Crippen LogP contribution in [0.3, 0.4) is 0 Å². The first kappa shape index (κ1) is 16.3. The normalized spacial score (nSPS) is 21.6. The van der Waals surface area contributed by atoms with Gasteiger partial charge in [0.15, 0.2) is 0 Å². The molecule has 1 aromatic rings. The minimum atomic E-state index is -0.438. The first-order valence-electron chi connectivity index (χ1n) is 7.50. The molecule has 5 heteroatoms. The van der Waals surface area contributed by atoms with E-state index in [0.717, 1.165) is 11.3 Å². The highest BCUT2D eigenvalue weighted by molar-refractivity contribution is 6.47. The fraction of sp³-hybridized carbons (Fsp3) is 0.625.